The molecule has 0 atom stereocenters. The summed E-state index contributed by atoms with van der Waals surface area (Å²) in [5, 5.41) is 17.6. The van der Waals surface area contributed by atoms with Gasteiger partial charge in [0.25, 0.3) is 0 Å². The van der Waals surface area contributed by atoms with Gasteiger partial charge in [-0.05, 0) is 18.8 Å². The number of carbonyl (C=O) groups is 2. The predicted molar refractivity (Wildman–Crippen MR) is 57.7 cm³/mol. The molecule has 1 saturated carbocycles. The number of aromatic nitrogens is 3. The summed E-state index contributed by atoms with van der Waals surface area (Å²) in [4.78, 5) is 21.3. The summed E-state index contributed by atoms with van der Waals surface area (Å²) in [6.45, 7) is 0.360. The molecule has 1 amide bonds. The average Bonchev–Trinajstić information content (AvgIpc) is 2.73. The SMILES string of the molecule is O=C(O)c1cn(CC2CC(NC(=O)C(F)(F)F)C2)nn1. The molecule has 0 saturated heterocycles. The highest BCUT2D eigenvalue weighted by Crippen LogP contribution is 2.29. The monoisotopic (exact) mass is 292 g/mol. The van der Waals surface area contributed by atoms with Gasteiger partial charge in [0.15, 0.2) is 5.69 Å². The normalized spacial score (nSPS) is 22.1. The lowest BCUT2D eigenvalue weighted by atomic mass is 9.80. The Morgan fingerprint density at radius 3 is 2.60 bits per heavy atom. The van der Waals surface area contributed by atoms with Crippen LogP contribution in [0.15, 0.2) is 6.20 Å². The highest BCUT2D eigenvalue weighted by molar-refractivity contribution is 5.84. The molecule has 1 aromatic heterocycles. The maximum absolute atomic E-state index is 12.0. The fourth-order valence-corrected chi connectivity index (χ4v) is 2.02. The van der Waals surface area contributed by atoms with Gasteiger partial charge in [-0.3, -0.25) is 9.48 Å². The highest BCUT2D eigenvalue weighted by Gasteiger charge is 2.42. The molecule has 1 heterocycles. The van der Waals surface area contributed by atoms with Crippen molar-refractivity contribution in [3.05, 3.63) is 11.9 Å². The summed E-state index contributed by atoms with van der Waals surface area (Å²) in [6.07, 6.45) is -2.83. The first-order valence-corrected chi connectivity index (χ1v) is 5.77. The number of amides is 1. The van der Waals surface area contributed by atoms with Crippen LogP contribution < -0.4 is 5.32 Å². The minimum Gasteiger partial charge on any atom is -0.476 e. The summed E-state index contributed by atoms with van der Waals surface area (Å²) in [6, 6.07) is -0.503. The minimum absolute atomic E-state index is 0.0388. The van der Waals surface area contributed by atoms with Crippen LogP contribution in [0.1, 0.15) is 23.3 Å². The number of carbonyl (C=O) groups excluding carboxylic acids is 1. The van der Waals surface area contributed by atoms with E-state index in [1.54, 1.807) is 0 Å². The lowest BCUT2D eigenvalue weighted by Gasteiger charge is -2.35. The molecule has 1 aliphatic carbocycles. The first-order valence-electron chi connectivity index (χ1n) is 5.77. The summed E-state index contributed by atoms with van der Waals surface area (Å²) < 4.78 is 37.3. The zero-order valence-corrected chi connectivity index (χ0v) is 10.1. The van der Waals surface area contributed by atoms with E-state index in [2.05, 4.69) is 10.3 Å². The van der Waals surface area contributed by atoms with Crippen molar-refractivity contribution in [2.24, 2.45) is 5.92 Å². The second-order valence-corrected chi connectivity index (χ2v) is 4.64. The number of carboxylic acid groups (broad SMARTS) is 1. The first-order chi connectivity index (χ1) is 9.25. The standard InChI is InChI=1S/C10H11F3N4O3/c11-10(12,13)9(20)14-6-1-5(2-6)3-17-4-7(8(18)19)15-16-17/h4-6H,1-3H2,(H,14,20)(H,18,19). The Kier molecular flexibility index (Phi) is 3.64. The third-order valence-electron chi connectivity index (χ3n) is 3.03. The number of hydrogen-bond donors (Lipinski definition) is 2. The molecule has 0 aliphatic heterocycles. The third-order valence-corrected chi connectivity index (χ3v) is 3.03. The number of carboxylic acids is 1. The van der Waals surface area contributed by atoms with E-state index in [-0.39, 0.29) is 11.6 Å². The number of hydrogen-bond acceptors (Lipinski definition) is 4. The van der Waals surface area contributed by atoms with Gasteiger partial charge in [0.1, 0.15) is 0 Å². The lowest BCUT2D eigenvalue weighted by Crippen LogP contribution is -2.49. The molecule has 2 rings (SSSR count). The second-order valence-electron chi connectivity index (χ2n) is 4.64. The zero-order valence-electron chi connectivity index (χ0n) is 10.1. The molecule has 0 aromatic carbocycles. The fraction of sp³-hybridized carbons (Fsp3) is 0.600. The van der Waals surface area contributed by atoms with Crippen LogP contribution in [0.5, 0.6) is 0 Å². The van der Waals surface area contributed by atoms with Crippen LogP contribution in [-0.2, 0) is 11.3 Å². The molecule has 0 spiro atoms. The van der Waals surface area contributed by atoms with Crippen LogP contribution in [-0.4, -0.2) is 44.2 Å². The number of nitrogens with one attached hydrogen (secondary N) is 1. The maximum atomic E-state index is 12.0. The van der Waals surface area contributed by atoms with E-state index >= 15 is 0 Å². The molecule has 0 bridgehead atoms. The molecule has 0 radical (unpaired) electrons. The summed E-state index contributed by atoms with van der Waals surface area (Å²) in [5.74, 6) is -3.09. The van der Waals surface area contributed by atoms with Gasteiger partial charge in [0.2, 0.25) is 0 Å². The van der Waals surface area contributed by atoms with Crippen molar-refractivity contribution in [3.63, 3.8) is 0 Å². The Balaban J connectivity index is 1.76. The van der Waals surface area contributed by atoms with Gasteiger partial charge in [0.05, 0.1) is 6.20 Å². The van der Waals surface area contributed by atoms with E-state index in [1.807, 2.05) is 5.32 Å². The largest absolute Gasteiger partial charge is 0.476 e. The molecule has 0 unspecified atom stereocenters. The van der Waals surface area contributed by atoms with E-state index < -0.39 is 24.1 Å². The highest BCUT2D eigenvalue weighted by atomic mass is 19.4. The quantitative estimate of drug-likeness (QED) is 0.839. The number of nitrogens with zero attached hydrogens (tertiary/aromatic N) is 3. The first kappa shape index (κ1) is 14.3. The van der Waals surface area contributed by atoms with Gasteiger partial charge in [-0.1, -0.05) is 5.21 Å². The van der Waals surface area contributed by atoms with Gasteiger partial charge in [-0.25, -0.2) is 4.79 Å². The summed E-state index contributed by atoms with van der Waals surface area (Å²) in [5.41, 5.74) is -0.189. The Labute approximate surface area is 110 Å². The maximum Gasteiger partial charge on any atom is 0.471 e. The molecule has 20 heavy (non-hydrogen) atoms. The zero-order chi connectivity index (χ0) is 14.9. The van der Waals surface area contributed by atoms with Crippen molar-refractivity contribution in [1.82, 2.24) is 20.3 Å². The van der Waals surface area contributed by atoms with Crippen LogP contribution in [0.25, 0.3) is 0 Å². The lowest BCUT2D eigenvalue weighted by molar-refractivity contribution is -0.175. The van der Waals surface area contributed by atoms with Crippen LogP contribution >= 0.6 is 0 Å². The van der Waals surface area contributed by atoms with E-state index in [0.29, 0.717) is 19.4 Å². The van der Waals surface area contributed by atoms with Crippen LogP contribution in [0.4, 0.5) is 13.2 Å². The second kappa shape index (κ2) is 5.10. The van der Waals surface area contributed by atoms with Gasteiger partial charge >= 0.3 is 18.1 Å². The van der Waals surface area contributed by atoms with Gasteiger partial charge in [-0.15, -0.1) is 5.10 Å². The van der Waals surface area contributed by atoms with E-state index in [0.717, 1.165) is 0 Å². The molecule has 7 nitrogen and oxygen atoms in total. The number of halogens is 3. The number of aromatic carboxylic acids is 1. The molecule has 10 heteroatoms. The van der Waals surface area contributed by atoms with Crippen LogP contribution in [0, 0.1) is 5.92 Å². The van der Waals surface area contributed by atoms with Crippen molar-refractivity contribution < 1.29 is 27.9 Å². The number of rotatable bonds is 4. The molecule has 2 N–H and O–H groups in total. The molecule has 1 aromatic rings. The fourth-order valence-electron chi connectivity index (χ4n) is 2.02. The predicted octanol–water partition coefficient (Wildman–Crippen LogP) is 0.433. The van der Waals surface area contributed by atoms with Crippen molar-refractivity contribution in [2.75, 3.05) is 0 Å². The van der Waals surface area contributed by atoms with Gasteiger partial charge in [0, 0.05) is 12.6 Å². The topological polar surface area (TPSA) is 97.1 Å². The Morgan fingerprint density at radius 1 is 1.45 bits per heavy atom. The smallest absolute Gasteiger partial charge is 0.471 e. The number of alkyl halides is 3. The Morgan fingerprint density at radius 2 is 2.10 bits per heavy atom. The van der Waals surface area contributed by atoms with E-state index in [9.17, 15) is 22.8 Å². The van der Waals surface area contributed by atoms with E-state index in [1.165, 1.54) is 10.9 Å². The molecule has 1 aliphatic rings. The summed E-state index contributed by atoms with van der Waals surface area (Å²) in [7, 11) is 0. The molecule has 1 fully saturated rings. The van der Waals surface area contributed by atoms with E-state index in [4.69, 9.17) is 5.11 Å². The van der Waals surface area contributed by atoms with Crippen molar-refractivity contribution in [2.45, 2.75) is 31.6 Å². The molecular formula is C10H11F3N4O3. The van der Waals surface area contributed by atoms with Crippen molar-refractivity contribution in [1.29, 1.82) is 0 Å². The Bertz CT molecular complexity index is 522. The van der Waals surface area contributed by atoms with Crippen molar-refractivity contribution in [3.8, 4) is 0 Å². The molecule has 110 valence electrons. The third kappa shape index (κ3) is 3.25. The average molecular weight is 292 g/mol. The summed E-state index contributed by atoms with van der Waals surface area (Å²) >= 11 is 0. The van der Waals surface area contributed by atoms with Crippen LogP contribution in [0.2, 0.25) is 0 Å². The van der Waals surface area contributed by atoms with Crippen molar-refractivity contribution >= 4 is 11.9 Å². The van der Waals surface area contributed by atoms with Gasteiger partial charge < -0.3 is 10.4 Å². The van der Waals surface area contributed by atoms with Crippen LogP contribution in [0.3, 0.4) is 0 Å². The minimum atomic E-state index is -4.87. The Hall–Kier alpha value is -2.13. The molecular weight excluding hydrogens is 281 g/mol. The van der Waals surface area contributed by atoms with Gasteiger partial charge in [-0.2, -0.15) is 13.2 Å².